The highest BCUT2D eigenvalue weighted by atomic mass is 16.5. The molecule has 0 aliphatic heterocycles. The van der Waals surface area contributed by atoms with E-state index in [0.29, 0.717) is 23.1 Å². The quantitative estimate of drug-likeness (QED) is 0.370. The van der Waals surface area contributed by atoms with Crippen molar-refractivity contribution >= 4 is 11.6 Å². The van der Waals surface area contributed by atoms with E-state index >= 15 is 0 Å². The van der Waals surface area contributed by atoms with Gasteiger partial charge in [-0.2, -0.15) is 0 Å². The predicted octanol–water partition coefficient (Wildman–Crippen LogP) is 5.23. The second kappa shape index (κ2) is 9.79. The zero-order valence-corrected chi connectivity index (χ0v) is 18.2. The summed E-state index contributed by atoms with van der Waals surface area (Å²) >= 11 is 0. The molecule has 0 atom stereocenters. The summed E-state index contributed by atoms with van der Waals surface area (Å²) in [7, 11) is 0. The van der Waals surface area contributed by atoms with Crippen LogP contribution < -0.4 is 10.1 Å². The molecule has 7 nitrogen and oxygen atoms in total. The van der Waals surface area contributed by atoms with Crippen molar-refractivity contribution in [2.75, 3.05) is 5.32 Å². The van der Waals surface area contributed by atoms with Crippen molar-refractivity contribution in [3.05, 3.63) is 127 Å². The van der Waals surface area contributed by atoms with Crippen LogP contribution in [0.5, 0.6) is 11.6 Å². The van der Waals surface area contributed by atoms with E-state index in [0.717, 1.165) is 11.1 Å². The van der Waals surface area contributed by atoms with Crippen molar-refractivity contribution in [3.8, 4) is 17.4 Å². The van der Waals surface area contributed by atoms with Gasteiger partial charge in [-0.05, 0) is 41.5 Å². The molecule has 0 bridgehead atoms. The smallest absolute Gasteiger partial charge is 0.238 e. The number of aromatic nitrogens is 4. The molecule has 0 spiro atoms. The second-order valence-electron chi connectivity index (χ2n) is 7.57. The van der Waals surface area contributed by atoms with Crippen LogP contribution in [0.2, 0.25) is 0 Å². The number of hydrogen-bond acceptors (Lipinski definition) is 5. The zero-order valence-electron chi connectivity index (χ0n) is 18.2. The molecule has 0 saturated carbocycles. The van der Waals surface area contributed by atoms with E-state index in [-0.39, 0.29) is 5.91 Å². The maximum atomic E-state index is 13.3. The fourth-order valence-electron chi connectivity index (χ4n) is 3.63. The second-order valence-corrected chi connectivity index (χ2v) is 7.57. The van der Waals surface area contributed by atoms with E-state index in [1.807, 2.05) is 60.7 Å². The number of rotatable bonds is 7. The Hall–Kier alpha value is -4.78. The Morgan fingerprint density at radius 2 is 1.47 bits per heavy atom. The van der Waals surface area contributed by atoms with Crippen molar-refractivity contribution < 1.29 is 9.53 Å². The molecule has 2 heterocycles. The molecular formula is C27H21N5O2. The van der Waals surface area contributed by atoms with E-state index in [1.165, 1.54) is 0 Å². The summed E-state index contributed by atoms with van der Waals surface area (Å²) in [5.41, 5.74) is 2.54. The molecule has 0 saturated heterocycles. The van der Waals surface area contributed by atoms with Gasteiger partial charge in [-0.15, -0.1) is 10.2 Å². The average Bonchev–Trinajstić information content (AvgIpc) is 3.42. The first-order valence-corrected chi connectivity index (χ1v) is 10.8. The number of anilines is 1. The van der Waals surface area contributed by atoms with E-state index < -0.39 is 5.92 Å². The maximum absolute atomic E-state index is 13.3. The highest BCUT2D eigenvalue weighted by Crippen LogP contribution is 2.27. The van der Waals surface area contributed by atoms with Crippen molar-refractivity contribution in [2.45, 2.75) is 5.92 Å². The van der Waals surface area contributed by atoms with Crippen molar-refractivity contribution in [2.24, 2.45) is 0 Å². The lowest BCUT2D eigenvalue weighted by Gasteiger charge is -2.18. The molecule has 5 aromatic rings. The van der Waals surface area contributed by atoms with Crippen LogP contribution >= 0.6 is 0 Å². The van der Waals surface area contributed by atoms with Crippen LogP contribution in [0.3, 0.4) is 0 Å². The molecule has 0 aliphatic carbocycles. The molecule has 34 heavy (non-hydrogen) atoms. The van der Waals surface area contributed by atoms with Gasteiger partial charge in [0.15, 0.2) is 5.82 Å². The van der Waals surface area contributed by atoms with Gasteiger partial charge in [-0.25, -0.2) is 4.98 Å². The first-order valence-electron chi connectivity index (χ1n) is 10.8. The van der Waals surface area contributed by atoms with Crippen LogP contribution in [0, 0.1) is 0 Å². The molecule has 2 aromatic heterocycles. The number of ether oxygens (including phenoxy) is 1. The van der Waals surface area contributed by atoms with Gasteiger partial charge in [-0.3, -0.25) is 9.36 Å². The third-order valence-electron chi connectivity index (χ3n) is 5.27. The summed E-state index contributed by atoms with van der Waals surface area (Å²) < 4.78 is 7.54. The van der Waals surface area contributed by atoms with Crippen LogP contribution in [-0.4, -0.2) is 25.7 Å². The molecule has 7 heteroatoms. The topological polar surface area (TPSA) is 81.9 Å². The Kier molecular flexibility index (Phi) is 6.07. The lowest BCUT2D eigenvalue weighted by atomic mass is 9.90. The fraction of sp³-hybridized carbons (Fsp3) is 0.0370. The summed E-state index contributed by atoms with van der Waals surface area (Å²) in [5.74, 6) is 1.09. The number of amides is 1. The molecule has 0 radical (unpaired) electrons. The lowest BCUT2D eigenvalue weighted by Crippen LogP contribution is -2.22. The average molecular weight is 447 g/mol. The van der Waals surface area contributed by atoms with Gasteiger partial charge in [0.25, 0.3) is 0 Å². The minimum atomic E-state index is -0.414. The number of carbonyl (C=O) groups excluding carboxylic acids is 1. The van der Waals surface area contributed by atoms with Gasteiger partial charge >= 0.3 is 0 Å². The van der Waals surface area contributed by atoms with Gasteiger partial charge in [-0.1, -0.05) is 60.7 Å². The van der Waals surface area contributed by atoms with E-state index in [9.17, 15) is 4.79 Å². The van der Waals surface area contributed by atoms with Gasteiger partial charge in [0.1, 0.15) is 12.1 Å². The maximum Gasteiger partial charge on any atom is 0.238 e. The number of carbonyl (C=O) groups is 1. The lowest BCUT2D eigenvalue weighted by molar-refractivity contribution is -0.116. The van der Waals surface area contributed by atoms with Crippen LogP contribution in [0.15, 0.2) is 116 Å². The third-order valence-corrected chi connectivity index (χ3v) is 5.27. The van der Waals surface area contributed by atoms with Crippen molar-refractivity contribution in [3.63, 3.8) is 0 Å². The first kappa shape index (κ1) is 21.1. The molecule has 1 N–H and O–H groups in total. The molecule has 166 valence electrons. The number of hydrogen-bond donors (Lipinski definition) is 1. The van der Waals surface area contributed by atoms with Crippen LogP contribution in [0.25, 0.3) is 5.82 Å². The van der Waals surface area contributed by atoms with E-state index in [1.54, 1.807) is 59.7 Å². The molecule has 0 aliphatic rings. The summed E-state index contributed by atoms with van der Waals surface area (Å²) in [4.78, 5) is 17.2. The third kappa shape index (κ3) is 4.83. The van der Waals surface area contributed by atoms with Gasteiger partial charge in [0.05, 0.1) is 5.92 Å². The Bertz CT molecular complexity index is 1300. The van der Waals surface area contributed by atoms with Crippen LogP contribution in [0.1, 0.15) is 17.0 Å². The van der Waals surface area contributed by atoms with Gasteiger partial charge in [0, 0.05) is 24.1 Å². The minimum Gasteiger partial charge on any atom is -0.438 e. The number of imidazole rings is 1. The van der Waals surface area contributed by atoms with Crippen molar-refractivity contribution in [1.29, 1.82) is 0 Å². The summed E-state index contributed by atoms with van der Waals surface area (Å²) in [6.45, 7) is 0. The molecule has 5 rings (SSSR count). The fourth-order valence-corrected chi connectivity index (χ4v) is 3.63. The normalized spacial score (nSPS) is 10.7. The SMILES string of the molecule is O=C(Nc1ccc(Oc2ccc(-n3ccnc3)nn2)cc1)C(c1ccccc1)c1ccccc1. The number of nitrogens with one attached hydrogen (secondary N) is 1. The highest BCUT2D eigenvalue weighted by molar-refractivity contribution is 5.98. The monoisotopic (exact) mass is 447 g/mol. The van der Waals surface area contributed by atoms with Crippen LogP contribution in [-0.2, 0) is 4.79 Å². The Balaban J connectivity index is 1.28. The molecule has 0 fully saturated rings. The molecular weight excluding hydrogens is 426 g/mol. The Labute approximate surface area is 196 Å². The highest BCUT2D eigenvalue weighted by Gasteiger charge is 2.22. The summed E-state index contributed by atoms with van der Waals surface area (Å²) in [6.07, 6.45) is 5.11. The number of benzene rings is 3. The molecule has 3 aromatic carbocycles. The predicted molar refractivity (Wildman–Crippen MR) is 129 cm³/mol. The first-order chi connectivity index (χ1) is 16.8. The molecule has 0 unspecified atom stereocenters. The van der Waals surface area contributed by atoms with Gasteiger partial charge in [0.2, 0.25) is 11.8 Å². The standard InChI is InChI=1S/C27H21N5O2/c33-27(26(20-7-3-1-4-8-20)21-9-5-2-6-10-21)29-22-11-13-23(14-12-22)34-25-16-15-24(30-31-25)32-18-17-28-19-32/h1-19,26H,(H,29,33). The van der Waals surface area contributed by atoms with Gasteiger partial charge < -0.3 is 10.1 Å². The Morgan fingerprint density at radius 3 is 2.03 bits per heavy atom. The van der Waals surface area contributed by atoms with E-state index in [4.69, 9.17) is 4.74 Å². The molecule has 1 amide bonds. The van der Waals surface area contributed by atoms with Crippen LogP contribution in [0.4, 0.5) is 5.69 Å². The largest absolute Gasteiger partial charge is 0.438 e. The van der Waals surface area contributed by atoms with E-state index in [2.05, 4.69) is 20.5 Å². The van der Waals surface area contributed by atoms with Crippen molar-refractivity contribution in [1.82, 2.24) is 19.7 Å². The summed E-state index contributed by atoms with van der Waals surface area (Å²) in [6, 6.07) is 30.2. The number of nitrogens with zero attached hydrogens (tertiary/aromatic N) is 4. The zero-order chi connectivity index (χ0) is 23.2. The minimum absolute atomic E-state index is 0.105. The summed E-state index contributed by atoms with van der Waals surface area (Å²) in [5, 5.41) is 11.3. The Morgan fingerprint density at radius 1 is 0.794 bits per heavy atom.